The number of benzene rings is 2. The predicted octanol–water partition coefficient (Wildman–Crippen LogP) is 4.56. The van der Waals surface area contributed by atoms with Gasteiger partial charge in [-0.05, 0) is 49.1 Å². The minimum Gasteiger partial charge on any atom is -0.336 e. The van der Waals surface area contributed by atoms with E-state index in [4.69, 9.17) is 11.6 Å². The first-order chi connectivity index (χ1) is 13.4. The average Bonchev–Trinajstić information content (AvgIpc) is 3.28. The summed E-state index contributed by atoms with van der Waals surface area (Å²) in [6.45, 7) is 0.419. The van der Waals surface area contributed by atoms with Crippen molar-refractivity contribution in [3.63, 3.8) is 0 Å². The van der Waals surface area contributed by atoms with E-state index in [1.54, 1.807) is 28.8 Å². The van der Waals surface area contributed by atoms with Crippen molar-refractivity contribution in [1.29, 1.82) is 0 Å². The summed E-state index contributed by atoms with van der Waals surface area (Å²) < 4.78 is 28.5. The second kappa shape index (κ2) is 7.36. The number of rotatable bonds is 4. The van der Waals surface area contributed by atoms with Gasteiger partial charge in [-0.1, -0.05) is 23.7 Å². The fourth-order valence-electron chi connectivity index (χ4n) is 3.56. The molecule has 0 saturated heterocycles. The van der Waals surface area contributed by atoms with E-state index in [1.807, 2.05) is 12.1 Å². The van der Waals surface area contributed by atoms with Crippen LogP contribution in [0.15, 0.2) is 42.5 Å². The Balaban J connectivity index is 1.65. The molecule has 0 unspecified atom stereocenters. The molecule has 0 bridgehead atoms. The SMILES string of the molecule is CN(Cc1ccc(Cl)cc1)C(=O)c1nn(-c2ccc(F)c(F)c2)c2c1CCC2. The van der Waals surface area contributed by atoms with Crippen molar-refractivity contribution in [1.82, 2.24) is 14.7 Å². The van der Waals surface area contributed by atoms with Crippen molar-refractivity contribution in [2.24, 2.45) is 0 Å². The normalized spacial score (nSPS) is 12.9. The molecule has 0 fully saturated rings. The van der Waals surface area contributed by atoms with Crippen LogP contribution in [0, 0.1) is 11.6 Å². The second-order valence-electron chi connectivity index (χ2n) is 6.93. The van der Waals surface area contributed by atoms with E-state index in [1.165, 1.54) is 6.07 Å². The lowest BCUT2D eigenvalue weighted by molar-refractivity contribution is 0.0777. The van der Waals surface area contributed by atoms with Crippen LogP contribution in [-0.2, 0) is 19.4 Å². The lowest BCUT2D eigenvalue weighted by Gasteiger charge is -2.16. The third-order valence-corrected chi connectivity index (χ3v) is 5.21. The van der Waals surface area contributed by atoms with Crippen LogP contribution in [0.4, 0.5) is 8.78 Å². The molecule has 2 aromatic carbocycles. The molecule has 3 aromatic rings. The van der Waals surface area contributed by atoms with Gasteiger partial charge < -0.3 is 4.90 Å². The Labute approximate surface area is 166 Å². The maximum atomic E-state index is 13.7. The predicted molar refractivity (Wildman–Crippen MR) is 103 cm³/mol. The smallest absolute Gasteiger partial charge is 0.274 e. The second-order valence-corrected chi connectivity index (χ2v) is 7.36. The van der Waals surface area contributed by atoms with Crippen LogP contribution >= 0.6 is 11.6 Å². The van der Waals surface area contributed by atoms with Gasteiger partial charge >= 0.3 is 0 Å². The molecule has 1 aliphatic carbocycles. The van der Waals surface area contributed by atoms with Gasteiger partial charge in [0.2, 0.25) is 0 Å². The summed E-state index contributed by atoms with van der Waals surface area (Å²) in [6.07, 6.45) is 2.39. The highest BCUT2D eigenvalue weighted by atomic mass is 35.5. The number of fused-ring (bicyclic) bond motifs is 1. The minimum atomic E-state index is -0.938. The summed E-state index contributed by atoms with van der Waals surface area (Å²) in [6, 6.07) is 11.0. The molecule has 1 amide bonds. The Hall–Kier alpha value is -2.73. The van der Waals surface area contributed by atoms with Crippen molar-refractivity contribution in [3.05, 3.63) is 81.6 Å². The molecule has 28 heavy (non-hydrogen) atoms. The number of carbonyl (C=O) groups is 1. The van der Waals surface area contributed by atoms with Gasteiger partial charge in [-0.15, -0.1) is 0 Å². The maximum absolute atomic E-state index is 13.7. The molecule has 0 atom stereocenters. The van der Waals surface area contributed by atoms with Gasteiger partial charge in [0.25, 0.3) is 5.91 Å². The Morgan fingerprint density at radius 3 is 2.61 bits per heavy atom. The van der Waals surface area contributed by atoms with Crippen molar-refractivity contribution in [3.8, 4) is 5.69 Å². The van der Waals surface area contributed by atoms with Crippen LogP contribution in [0.1, 0.15) is 33.7 Å². The van der Waals surface area contributed by atoms with Crippen LogP contribution in [-0.4, -0.2) is 27.6 Å². The van der Waals surface area contributed by atoms with Crippen molar-refractivity contribution >= 4 is 17.5 Å². The summed E-state index contributed by atoms with van der Waals surface area (Å²) in [5.41, 5.74) is 3.51. The van der Waals surface area contributed by atoms with E-state index >= 15 is 0 Å². The Morgan fingerprint density at radius 2 is 1.89 bits per heavy atom. The van der Waals surface area contributed by atoms with Crippen LogP contribution in [0.3, 0.4) is 0 Å². The zero-order valence-corrected chi connectivity index (χ0v) is 16.0. The largest absolute Gasteiger partial charge is 0.336 e. The zero-order valence-electron chi connectivity index (χ0n) is 15.3. The Bertz CT molecular complexity index is 1050. The number of hydrogen-bond acceptors (Lipinski definition) is 2. The number of nitrogens with zero attached hydrogens (tertiary/aromatic N) is 3. The van der Waals surface area contributed by atoms with Crippen molar-refractivity contribution in [2.45, 2.75) is 25.8 Å². The van der Waals surface area contributed by atoms with Gasteiger partial charge in [0, 0.05) is 35.9 Å². The molecule has 7 heteroatoms. The van der Waals surface area contributed by atoms with Crippen molar-refractivity contribution < 1.29 is 13.6 Å². The summed E-state index contributed by atoms with van der Waals surface area (Å²) in [5.74, 6) is -2.05. The number of hydrogen-bond donors (Lipinski definition) is 0. The van der Waals surface area contributed by atoms with Crippen LogP contribution < -0.4 is 0 Å². The van der Waals surface area contributed by atoms with E-state index in [9.17, 15) is 13.6 Å². The van der Waals surface area contributed by atoms with Gasteiger partial charge in [0.15, 0.2) is 17.3 Å². The monoisotopic (exact) mass is 401 g/mol. The third-order valence-electron chi connectivity index (χ3n) is 4.96. The third kappa shape index (κ3) is 3.40. The molecule has 4 nitrogen and oxygen atoms in total. The maximum Gasteiger partial charge on any atom is 0.274 e. The summed E-state index contributed by atoms with van der Waals surface area (Å²) in [5, 5.41) is 5.10. The fraction of sp³-hybridized carbons (Fsp3) is 0.238. The zero-order chi connectivity index (χ0) is 19.8. The van der Waals surface area contributed by atoms with Gasteiger partial charge in [-0.3, -0.25) is 4.79 Å². The Morgan fingerprint density at radius 1 is 1.14 bits per heavy atom. The minimum absolute atomic E-state index is 0.200. The molecule has 0 saturated carbocycles. The molecular formula is C21H18ClF2N3O. The molecule has 1 heterocycles. The van der Waals surface area contributed by atoms with E-state index < -0.39 is 11.6 Å². The summed E-state index contributed by atoms with van der Waals surface area (Å²) >= 11 is 5.91. The quantitative estimate of drug-likeness (QED) is 0.642. The van der Waals surface area contributed by atoms with Crippen LogP contribution in [0.25, 0.3) is 5.69 Å². The van der Waals surface area contributed by atoms with Crippen molar-refractivity contribution in [2.75, 3.05) is 7.05 Å². The van der Waals surface area contributed by atoms with Crippen LogP contribution in [0.5, 0.6) is 0 Å². The van der Waals surface area contributed by atoms with E-state index in [0.717, 1.165) is 48.2 Å². The summed E-state index contributed by atoms with van der Waals surface area (Å²) in [4.78, 5) is 14.6. The lowest BCUT2D eigenvalue weighted by Crippen LogP contribution is -2.27. The van der Waals surface area contributed by atoms with Crippen LogP contribution in [0.2, 0.25) is 5.02 Å². The highest BCUT2D eigenvalue weighted by Gasteiger charge is 2.28. The number of aromatic nitrogens is 2. The molecule has 4 rings (SSSR count). The lowest BCUT2D eigenvalue weighted by atomic mass is 10.1. The fourth-order valence-corrected chi connectivity index (χ4v) is 3.68. The Kier molecular flexibility index (Phi) is 4.89. The number of amides is 1. The van der Waals surface area contributed by atoms with Gasteiger partial charge in [0.05, 0.1) is 5.69 Å². The van der Waals surface area contributed by atoms with E-state index in [0.29, 0.717) is 22.9 Å². The highest BCUT2D eigenvalue weighted by molar-refractivity contribution is 6.30. The molecule has 0 aliphatic heterocycles. The number of carbonyl (C=O) groups excluding carboxylic acids is 1. The van der Waals surface area contributed by atoms with Gasteiger partial charge in [-0.2, -0.15) is 5.10 Å². The summed E-state index contributed by atoms with van der Waals surface area (Å²) in [7, 11) is 1.72. The molecular weight excluding hydrogens is 384 g/mol. The highest BCUT2D eigenvalue weighted by Crippen LogP contribution is 2.29. The standard InChI is InChI=1S/C21H18ClF2N3O/c1-26(12-13-5-7-14(22)8-6-13)21(28)20-16-3-2-4-19(16)27(25-20)15-9-10-17(23)18(24)11-15/h5-11H,2-4,12H2,1H3. The first-order valence-corrected chi connectivity index (χ1v) is 9.38. The van der Waals surface area contributed by atoms with E-state index in [2.05, 4.69) is 5.10 Å². The first kappa shape index (κ1) is 18.6. The molecule has 0 spiro atoms. The average molecular weight is 402 g/mol. The van der Waals surface area contributed by atoms with Gasteiger partial charge in [0.1, 0.15) is 0 Å². The number of halogens is 3. The first-order valence-electron chi connectivity index (χ1n) is 9.00. The molecule has 0 N–H and O–H groups in total. The topological polar surface area (TPSA) is 38.1 Å². The van der Waals surface area contributed by atoms with E-state index in [-0.39, 0.29) is 5.91 Å². The molecule has 1 aliphatic rings. The molecule has 1 aromatic heterocycles. The van der Waals surface area contributed by atoms with Gasteiger partial charge in [-0.25, -0.2) is 13.5 Å². The molecule has 0 radical (unpaired) electrons. The molecule has 144 valence electrons.